The number of carbonyl (C=O) groups excluding carboxylic acids is 1. The fourth-order valence-corrected chi connectivity index (χ4v) is 1.37. The number of hydrogen-bond acceptors (Lipinski definition) is 3. The minimum Gasteiger partial charge on any atom is -0.326 e. The first-order valence-electron chi connectivity index (χ1n) is 5.93. The van der Waals surface area contributed by atoms with Crippen molar-refractivity contribution in [3.8, 4) is 0 Å². The van der Waals surface area contributed by atoms with Crippen LogP contribution in [0.15, 0.2) is 24.3 Å². The molecular formula is C13H21N3O. The van der Waals surface area contributed by atoms with E-state index >= 15 is 0 Å². The summed E-state index contributed by atoms with van der Waals surface area (Å²) in [4.78, 5) is 11.5. The third kappa shape index (κ3) is 4.97. The van der Waals surface area contributed by atoms with Crippen molar-refractivity contribution in [1.82, 2.24) is 10.9 Å². The number of hydrogen-bond donors (Lipinski definition) is 3. The Balaban J connectivity index is 2.47. The van der Waals surface area contributed by atoms with E-state index in [1.165, 1.54) is 5.56 Å². The lowest BCUT2D eigenvalue weighted by atomic mass is 10.1. The standard InChI is InChI=1S/C13H21N3O/c1-10(2)13(17)16-12-6-4-11(5-7-12)8-9-15-14-3/h4-7,10,14-15H,8-9H2,1-3H3,(H,16,17). The molecule has 4 heteroatoms. The molecule has 0 heterocycles. The number of rotatable bonds is 6. The molecule has 0 bridgehead atoms. The Morgan fingerprint density at radius 1 is 1.24 bits per heavy atom. The molecule has 0 unspecified atom stereocenters. The zero-order chi connectivity index (χ0) is 12.7. The third-order valence-corrected chi connectivity index (χ3v) is 2.46. The van der Waals surface area contributed by atoms with Gasteiger partial charge in [-0.1, -0.05) is 26.0 Å². The normalized spacial score (nSPS) is 10.6. The molecule has 0 atom stereocenters. The van der Waals surface area contributed by atoms with E-state index in [1.807, 2.05) is 45.2 Å². The van der Waals surface area contributed by atoms with Gasteiger partial charge in [-0.3, -0.25) is 15.6 Å². The molecule has 1 aromatic rings. The SMILES string of the molecule is CNNCCc1ccc(NC(=O)C(C)C)cc1. The highest BCUT2D eigenvalue weighted by Gasteiger charge is 2.06. The van der Waals surface area contributed by atoms with Crippen molar-refractivity contribution in [3.05, 3.63) is 29.8 Å². The third-order valence-electron chi connectivity index (χ3n) is 2.46. The smallest absolute Gasteiger partial charge is 0.226 e. The zero-order valence-corrected chi connectivity index (χ0v) is 10.7. The summed E-state index contributed by atoms with van der Waals surface area (Å²) < 4.78 is 0. The van der Waals surface area contributed by atoms with Crippen molar-refractivity contribution in [1.29, 1.82) is 0 Å². The molecule has 0 saturated carbocycles. The van der Waals surface area contributed by atoms with Gasteiger partial charge in [0, 0.05) is 18.2 Å². The van der Waals surface area contributed by atoms with Gasteiger partial charge in [0.25, 0.3) is 0 Å². The second-order valence-electron chi connectivity index (χ2n) is 4.27. The van der Waals surface area contributed by atoms with Crippen LogP contribution in [-0.2, 0) is 11.2 Å². The molecule has 0 aromatic heterocycles. The molecule has 17 heavy (non-hydrogen) atoms. The molecule has 94 valence electrons. The number of carbonyl (C=O) groups is 1. The van der Waals surface area contributed by atoms with Gasteiger partial charge in [0.05, 0.1) is 0 Å². The summed E-state index contributed by atoms with van der Waals surface area (Å²) in [5, 5.41) is 2.87. The number of anilines is 1. The maximum Gasteiger partial charge on any atom is 0.226 e. The molecule has 1 aromatic carbocycles. The van der Waals surface area contributed by atoms with Crippen LogP contribution < -0.4 is 16.2 Å². The van der Waals surface area contributed by atoms with E-state index in [2.05, 4.69) is 16.2 Å². The number of nitrogens with one attached hydrogen (secondary N) is 3. The van der Waals surface area contributed by atoms with E-state index in [1.54, 1.807) is 0 Å². The van der Waals surface area contributed by atoms with E-state index in [0.717, 1.165) is 18.7 Å². The minimum absolute atomic E-state index is 0.00880. The summed E-state index contributed by atoms with van der Waals surface area (Å²) in [7, 11) is 1.85. The minimum atomic E-state index is 0.00880. The highest BCUT2D eigenvalue weighted by atomic mass is 16.1. The van der Waals surface area contributed by atoms with Crippen molar-refractivity contribution in [3.63, 3.8) is 0 Å². The number of amides is 1. The predicted octanol–water partition coefficient (Wildman–Crippen LogP) is 1.55. The van der Waals surface area contributed by atoms with Crippen molar-refractivity contribution in [2.24, 2.45) is 5.92 Å². The van der Waals surface area contributed by atoms with Crippen LogP contribution in [0.2, 0.25) is 0 Å². The molecule has 0 saturated heterocycles. The average Bonchev–Trinajstić information content (AvgIpc) is 2.31. The van der Waals surface area contributed by atoms with Gasteiger partial charge >= 0.3 is 0 Å². The molecule has 3 N–H and O–H groups in total. The summed E-state index contributed by atoms with van der Waals surface area (Å²) in [5.74, 6) is 0.0594. The van der Waals surface area contributed by atoms with Crippen LogP contribution in [-0.4, -0.2) is 19.5 Å². The summed E-state index contributed by atoms with van der Waals surface area (Å²) in [6.45, 7) is 4.65. The molecule has 0 aliphatic heterocycles. The summed E-state index contributed by atoms with van der Waals surface area (Å²) in [6, 6.07) is 7.95. The van der Waals surface area contributed by atoms with Gasteiger partial charge in [0.2, 0.25) is 5.91 Å². The highest BCUT2D eigenvalue weighted by Crippen LogP contribution is 2.11. The molecule has 0 radical (unpaired) electrons. The Labute approximate surface area is 103 Å². The van der Waals surface area contributed by atoms with Crippen LogP contribution >= 0.6 is 0 Å². The quantitative estimate of drug-likeness (QED) is 0.518. The topological polar surface area (TPSA) is 53.2 Å². The summed E-state index contributed by atoms with van der Waals surface area (Å²) in [5.41, 5.74) is 8.02. The van der Waals surface area contributed by atoms with Gasteiger partial charge in [-0.15, -0.1) is 0 Å². The average molecular weight is 235 g/mol. The maximum atomic E-state index is 11.5. The Bertz CT molecular complexity index is 346. The Morgan fingerprint density at radius 3 is 2.41 bits per heavy atom. The van der Waals surface area contributed by atoms with Gasteiger partial charge in [-0.2, -0.15) is 0 Å². The summed E-state index contributed by atoms with van der Waals surface area (Å²) in [6.07, 6.45) is 0.958. The number of benzene rings is 1. The predicted molar refractivity (Wildman–Crippen MR) is 70.7 cm³/mol. The van der Waals surface area contributed by atoms with Crippen molar-refractivity contribution in [2.75, 3.05) is 18.9 Å². The molecular weight excluding hydrogens is 214 g/mol. The van der Waals surface area contributed by atoms with Gasteiger partial charge in [0.1, 0.15) is 0 Å². The van der Waals surface area contributed by atoms with E-state index in [-0.39, 0.29) is 11.8 Å². The molecule has 4 nitrogen and oxygen atoms in total. The Kier molecular flexibility index (Phi) is 5.66. The lowest BCUT2D eigenvalue weighted by molar-refractivity contribution is -0.118. The van der Waals surface area contributed by atoms with Crippen LogP contribution in [0.4, 0.5) is 5.69 Å². The summed E-state index contributed by atoms with van der Waals surface area (Å²) >= 11 is 0. The molecule has 0 fully saturated rings. The van der Waals surface area contributed by atoms with Gasteiger partial charge in [0.15, 0.2) is 0 Å². The second-order valence-corrected chi connectivity index (χ2v) is 4.27. The second kappa shape index (κ2) is 7.04. The first-order chi connectivity index (χ1) is 8.13. The van der Waals surface area contributed by atoms with Gasteiger partial charge < -0.3 is 5.32 Å². The monoisotopic (exact) mass is 235 g/mol. The maximum absolute atomic E-state index is 11.5. The van der Waals surface area contributed by atoms with Crippen molar-refractivity contribution in [2.45, 2.75) is 20.3 Å². The van der Waals surface area contributed by atoms with Crippen molar-refractivity contribution >= 4 is 11.6 Å². The van der Waals surface area contributed by atoms with Crippen LogP contribution in [0.5, 0.6) is 0 Å². The van der Waals surface area contributed by atoms with Crippen LogP contribution in [0.3, 0.4) is 0 Å². The van der Waals surface area contributed by atoms with Crippen LogP contribution in [0.1, 0.15) is 19.4 Å². The van der Waals surface area contributed by atoms with E-state index in [0.29, 0.717) is 0 Å². The first kappa shape index (κ1) is 13.7. The molecule has 0 aliphatic rings. The first-order valence-corrected chi connectivity index (χ1v) is 5.93. The van der Waals surface area contributed by atoms with Gasteiger partial charge in [-0.05, 0) is 31.2 Å². The molecule has 1 amide bonds. The molecule has 0 spiro atoms. The highest BCUT2D eigenvalue weighted by molar-refractivity contribution is 5.91. The zero-order valence-electron chi connectivity index (χ0n) is 10.7. The van der Waals surface area contributed by atoms with E-state index in [9.17, 15) is 4.79 Å². The Hall–Kier alpha value is -1.39. The fourth-order valence-electron chi connectivity index (χ4n) is 1.37. The lowest BCUT2D eigenvalue weighted by Gasteiger charge is -2.08. The van der Waals surface area contributed by atoms with Crippen LogP contribution in [0.25, 0.3) is 0 Å². The van der Waals surface area contributed by atoms with E-state index in [4.69, 9.17) is 0 Å². The lowest BCUT2D eigenvalue weighted by Crippen LogP contribution is -2.29. The number of hydrazine groups is 1. The van der Waals surface area contributed by atoms with Gasteiger partial charge in [-0.25, -0.2) is 0 Å². The fraction of sp³-hybridized carbons (Fsp3) is 0.462. The molecule has 1 rings (SSSR count). The van der Waals surface area contributed by atoms with Crippen molar-refractivity contribution < 1.29 is 4.79 Å². The van der Waals surface area contributed by atoms with Crippen LogP contribution in [0, 0.1) is 5.92 Å². The van der Waals surface area contributed by atoms with E-state index < -0.39 is 0 Å². The molecule has 0 aliphatic carbocycles. The largest absolute Gasteiger partial charge is 0.326 e. The Morgan fingerprint density at radius 2 is 1.88 bits per heavy atom.